The van der Waals surface area contributed by atoms with Crippen molar-refractivity contribution in [2.45, 2.75) is 25.5 Å². The number of hydrogen-bond donors (Lipinski definition) is 2. The molecule has 1 aromatic carbocycles. The van der Waals surface area contributed by atoms with Crippen molar-refractivity contribution in [1.82, 2.24) is 25.4 Å². The van der Waals surface area contributed by atoms with Crippen molar-refractivity contribution in [3.8, 4) is 5.69 Å². The van der Waals surface area contributed by atoms with Crippen molar-refractivity contribution < 1.29 is 4.74 Å². The molecular formula is C16H23IN6O. The Morgan fingerprint density at radius 2 is 2.17 bits per heavy atom. The third-order valence-corrected chi connectivity index (χ3v) is 3.82. The van der Waals surface area contributed by atoms with Crippen LogP contribution in [0.5, 0.6) is 0 Å². The van der Waals surface area contributed by atoms with Crippen molar-refractivity contribution in [3.05, 3.63) is 42.5 Å². The molecule has 0 spiro atoms. The van der Waals surface area contributed by atoms with Crippen molar-refractivity contribution in [1.29, 1.82) is 0 Å². The zero-order chi connectivity index (χ0) is 15.9. The summed E-state index contributed by atoms with van der Waals surface area (Å²) >= 11 is 0. The summed E-state index contributed by atoms with van der Waals surface area (Å²) < 4.78 is 7.34. The van der Waals surface area contributed by atoms with Gasteiger partial charge in [0.15, 0.2) is 5.96 Å². The molecule has 1 saturated heterocycles. The Kier molecular flexibility index (Phi) is 7.44. The molecule has 2 heterocycles. The average molecular weight is 442 g/mol. The smallest absolute Gasteiger partial charge is 0.191 e. The van der Waals surface area contributed by atoms with Gasteiger partial charge in [-0.05, 0) is 30.5 Å². The molecule has 0 radical (unpaired) electrons. The molecule has 2 aromatic rings. The zero-order valence-corrected chi connectivity index (χ0v) is 16.0. The summed E-state index contributed by atoms with van der Waals surface area (Å²) in [6, 6.07) is 8.18. The third kappa shape index (κ3) is 5.17. The predicted octanol–water partition coefficient (Wildman–Crippen LogP) is 1.73. The van der Waals surface area contributed by atoms with Crippen molar-refractivity contribution >= 4 is 29.9 Å². The predicted molar refractivity (Wildman–Crippen MR) is 104 cm³/mol. The number of ether oxygens (including phenoxy) is 1. The first kappa shape index (κ1) is 18.7. The molecule has 1 unspecified atom stereocenters. The van der Waals surface area contributed by atoms with E-state index in [9.17, 15) is 0 Å². The Hall–Kier alpha value is -1.68. The van der Waals surface area contributed by atoms with Crippen LogP contribution in [0.15, 0.2) is 41.9 Å². The number of aliphatic imine (C=N–C) groups is 1. The van der Waals surface area contributed by atoms with Crippen LogP contribution in [-0.4, -0.2) is 47.0 Å². The Morgan fingerprint density at radius 3 is 2.79 bits per heavy atom. The number of benzene rings is 1. The summed E-state index contributed by atoms with van der Waals surface area (Å²) in [7, 11) is 1.78. The molecule has 8 heteroatoms. The number of halogens is 1. The van der Waals surface area contributed by atoms with Crippen molar-refractivity contribution in [3.63, 3.8) is 0 Å². The van der Waals surface area contributed by atoms with Crippen LogP contribution in [0.25, 0.3) is 5.69 Å². The van der Waals surface area contributed by atoms with E-state index in [4.69, 9.17) is 4.74 Å². The molecular weight excluding hydrogens is 419 g/mol. The fourth-order valence-corrected chi connectivity index (χ4v) is 2.53. The number of nitrogens with one attached hydrogen (secondary N) is 2. The summed E-state index contributed by atoms with van der Waals surface area (Å²) in [6.07, 6.45) is 5.78. The summed E-state index contributed by atoms with van der Waals surface area (Å²) in [5.41, 5.74) is 2.17. The van der Waals surface area contributed by atoms with Gasteiger partial charge in [-0.15, -0.1) is 24.0 Å². The van der Waals surface area contributed by atoms with E-state index in [1.807, 2.05) is 12.1 Å². The minimum absolute atomic E-state index is 0. The van der Waals surface area contributed by atoms with E-state index in [2.05, 4.69) is 37.8 Å². The number of rotatable bonds is 5. The highest BCUT2D eigenvalue weighted by molar-refractivity contribution is 14.0. The van der Waals surface area contributed by atoms with Gasteiger partial charge in [0.2, 0.25) is 0 Å². The third-order valence-electron chi connectivity index (χ3n) is 3.82. The average Bonchev–Trinajstić information content (AvgIpc) is 3.29. The number of aromatic nitrogens is 3. The molecule has 1 aliphatic heterocycles. The molecule has 1 aromatic heterocycles. The minimum Gasteiger partial charge on any atom is -0.376 e. The molecule has 1 fully saturated rings. The van der Waals surface area contributed by atoms with E-state index in [-0.39, 0.29) is 24.0 Å². The monoisotopic (exact) mass is 442 g/mol. The maximum atomic E-state index is 5.60. The van der Waals surface area contributed by atoms with E-state index < -0.39 is 0 Å². The van der Waals surface area contributed by atoms with Gasteiger partial charge in [-0.3, -0.25) is 4.99 Å². The fraction of sp³-hybridized carbons (Fsp3) is 0.438. The highest BCUT2D eigenvalue weighted by Gasteiger charge is 2.15. The lowest BCUT2D eigenvalue weighted by Crippen LogP contribution is -2.40. The lowest BCUT2D eigenvalue weighted by Gasteiger charge is -2.15. The summed E-state index contributed by atoms with van der Waals surface area (Å²) in [4.78, 5) is 8.19. The van der Waals surface area contributed by atoms with Gasteiger partial charge in [-0.1, -0.05) is 12.1 Å². The number of hydrogen-bond acceptors (Lipinski definition) is 4. The summed E-state index contributed by atoms with van der Waals surface area (Å²) in [5, 5.41) is 10.7. The van der Waals surface area contributed by atoms with Gasteiger partial charge < -0.3 is 15.4 Å². The first-order chi connectivity index (χ1) is 11.3. The Labute approximate surface area is 158 Å². The van der Waals surface area contributed by atoms with Gasteiger partial charge >= 0.3 is 0 Å². The van der Waals surface area contributed by atoms with Crippen molar-refractivity contribution in [2.75, 3.05) is 20.2 Å². The van der Waals surface area contributed by atoms with E-state index in [1.165, 1.54) is 11.9 Å². The Morgan fingerprint density at radius 1 is 1.33 bits per heavy atom. The lowest BCUT2D eigenvalue weighted by atomic mass is 10.2. The second-order valence-corrected chi connectivity index (χ2v) is 5.45. The quantitative estimate of drug-likeness (QED) is 0.419. The second kappa shape index (κ2) is 9.58. The molecule has 24 heavy (non-hydrogen) atoms. The zero-order valence-electron chi connectivity index (χ0n) is 13.7. The van der Waals surface area contributed by atoms with Gasteiger partial charge in [0.05, 0.1) is 11.8 Å². The lowest BCUT2D eigenvalue weighted by molar-refractivity contribution is 0.114. The maximum absolute atomic E-state index is 5.60. The summed E-state index contributed by atoms with van der Waals surface area (Å²) in [6.45, 7) is 2.38. The van der Waals surface area contributed by atoms with E-state index in [0.717, 1.165) is 37.6 Å². The minimum atomic E-state index is 0. The first-order valence-corrected chi connectivity index (χ1v) is 7.85. The molecule has 1 aliphatic rings. The highest BCUT2D eigenvalue weighted by Crippen LogP contribution is 2.10. The van der Waals surface area contributed by atoms with Crippen LogP contribution in [0.2, 0.25) is 0 Å². The van der Waals surface area contributed by atoms with Gasteiger partial charge in [0, 0.05) is 26.7 Å². The standard InChI is InChI=1S/C16H22N6O.HI/c1-17-16(20-10-15-3-2-8-23-15)19-9-13-4-6-14(7-5-13)22-12-18-11-21-22;/h4-7,11-12,15H,2-3,8-10H2,1H3,(H2,17,19,20);1H. The topological polar surface area (TPSA) is 76.4 Å². The second-order valence-electron chi connectivity index (χ2n) is 5.45. The molecule has 0 saturated carbocycles. The van der Waals surface area contributed by atoms with E-state index in [1.54, 1.807) is 18.1 Å². The van der Waals surface area contributed by atoms with Crippen LogP contribution in [0.1, 0.15) is 18.4 Å². The molecule has 0 aliphatic carbocycles. The molecule has 2 N–H and O–H groups in total. The van der Waals surface area contributed by atoms with Crippen LogP contribution in [0.3, 0.4) is 0 Å². The van der Waals surface area contributed by atoms with Crippen LogP contribution in [0.4, 0.5) is 0 Å². The van der Waals surface area contributed by atoms with Crippen LogP contribution in [0, 0.1) is 0 Å². The van der Waals surface area contributed by atoms with Gasteiger partial charge in [-0.25, -0.2) is 9.67 Å². The molecule has 1 atom stereocenters. The van der Waals surface area contributed by atoms with Crippen LogP contribution < -0.4 is 10.6 Å². The molecule has 0 bridgehead atoms. The Balaban J connectivity index is 0.00000208. The van der Waals surface area contributed by atoms with E-state index >= 15 is 0 Å². The Bertz CT molecular complexity index is 623. The normalized spacial score (nSPS) is 17.4. The molecule has 3 rings (SSSR count). The SMILES string of the molecule is CN=C(NCc1ccc(-n2cncn2)cc1)NCC1CCCO1.I. The van der Waals surface area contributed by atoms with Crippen molar-refractivity contribution in [2.24, 2.45) is 4.99 Å². The molecule has 130 valence electrons. The van der Waals surface area contributed by atoms with Gasteiger partial charge in [0.1, 0.15) is 12.7 Å². The highest BCUT2D eigenvalue weighted by atomic mass is 127. The first-order valence-electron chi connectivity index (χ1n) is 7.85. The summed E-state index contributed by atoms with van der Waals surface area (Å²) in [5.74, 6) is 0.792. The van der Waals surface area contributed by atoms with Gasteiger partial charge in [0.25, 0.3) is 0 Å². The van der Waals surface area contributed by atoms with Gasteiger partial charge in [-0.2, -0.15) is 5.10 Å². The number of guanidine groups is 1. The molecule has 7 nitrogen and oxygen atoms in total. The fourth-order valence-electron chi connectivity index (χ4n) is 2.53. The number of nitrogens with zero attached hydrogens (tertiary/aromatic N) is 4. The van der Waals surface area contributed by atoms with Crippen LogP contribution >= 0.6 is 24.0 Å². The van der Waals surface area contributed by atoms with Crippen LogP contribution in [-0.2, 0) is 11.3 Å². The largest absolute Gasteiger partial charge is 0.376 e. The maximum Gasteiger partial charge on any atom is 0.191 e. The van der Waals surface area contributed by atoms with E-state index in [0.29, 0.717) is 12.6 Å². The molecule has 0 amide bonds.